The number of amides is 1. The first-order valence-electron chi connectivity index (χ1n) is 8.41. The first-order chi connectivity index (χ1) is 12.0. The van der Waals surface area contributed by atoms with Crippen LogP contribution in [0.1, 0.15) is 19.3 Å². The van der Waals surface area contributed by atoms with Crippen LogP contribution in [0.4, 0.5) is 5.82 Å². The molecule has 2 aliphatic rings. The minimum Gasteiger partial charge on any atom is -0.354 e. The van der Waals surface area contributed by atoms with E-state index in [1.54, 1.807) is 11.7 Å². The van der Waals surface area contributed by atoms with Gasteiger partial charge in [0.05, 0.1) is 0 Å². The Kier molecular flexibility index (Phi) is 5.52. The number of hydroxylamine groups is 1. The van der Waals surface area contributed by atoms with Gasteiger partial charge < -0.3 is 4.90 Å². The van der Waals surface area contributed by atoms with Gasteiger partial charge in [0.25, 0.3) is 16.1 Å². The average Bonchev–Trinajstić information content (AvgIpc) is 2.68. The van der Waals surface area contributed by atoms with Crippen LogP contribution in [0.15, 0.2) is 24.4 Å². The van der Waals surface area contributed by atoms with Crippen molar-refractivity contribution in [2.45, 2.75) is 25.3 Å². The largest absolute Gasteiger partial charge is 0.354 e. The molecule has 0 bridgehead atoms. The van der Waals surface area contributed by atoms with E-state index < -0.39 is 22.2 Å². The number of carbonyl (C=O) groups is 1. The molecule has 1 aromatic rings. The monoisotopic (exact) mass is 369 g/mol. The van der Waals surface area contributed by atoms with E-state index in [2.05, 4.69) is 4.98 Å². The fourth-order valence-electron chi connectivity index (χ4n) is 3.35. The third kappa shape index (κ3) is 3.76. The van der Waals surface area contributed by atoms with Crippen molar-refractivity contribution in [2.24, 2.45) is 0 Å². The maximum absolute atomic E-state index is 13.0. The molecule has 0 spiro atoms. The van der Waals surface area contributed by atoms with Gasteiger partial charge in [-0.2, -0.15) is 17.0 Å². The summed E-state index contributed by atoms with van der Waals surface area (Å²) in [6.07, 6.45) is 3.60. The van der Waals surface area contributed by atoms with Crippen LogP contribution in [-0.4, -0.2) is 71.9 Å². The Balaban J connectivity index is 1.69. The molecular weight excluding hydrogens is 346 g/mol. The van der Waals surface area contributed by atoms with E-state index in [0.717, 1.165) is 12.2 Å². The van der Waals surface area contributed by atoms with Gasteiger partial charge in [-0.15, -0.1) is 0 Å². The molecule has 1 amide bonds. The zero-order chi connectivity index (χ0) is 17.9. The van der Waals surface area contributed by atoms with E-state index >= 15 is 0 Å². The third-order valence-electron chi connectivity index (χ3n) is 4.70. The number of nitrogens with zero attached hydrogens (tertiary/aromatic N) is 4. The molecule has 9 nitrogen and oxygen atoms in total. The van der Waals surface area contributed by atoms with Crippen LogP contribution in [0, 0.1) is 0 Å². The molecule has 138 valence electrons. The zero-order valence-corrected chi connectivity index (χ0v) is 14.7. The van der Waals surface area contributed by atoms with Crippen molar-refractivity contribution in [3.8, 4) is 0 Å². The summed E-state index contributed by atoms with van der Waals surface area (Å²) < 4.78 is 28.6. The Hall–Kier alpha value is -1.75. The molecular formula is C15H23N5O4S. The highest BCUT2D eigenvalue weighted by atomic mass is 32.2. The fraction of sp³-hybridized carbons (Fsp3) is 0.600. The molecule has 1 aromatic heterocycles. The number of piperazine rings is 1. The van der Waals surface area contributed by atoms with E-state index in [4.69, 9.17) is 5.21 Å². The number of hydrogen-bond donors (Lipinski definition) is 2. The number of anilines is 1. The highest BCUT2D eigenvalue weighted by molar-refractivity contribution is 7.86. The topological polar surface area (TPSA) is 106 Å². The van der Waals surface area contributed by atoms with Crippen molar-refractivity contribution in [3.63, 3.8) is 0 Å². The van der Waals surface area contributed by atoms with Crippen LogP contribution in [0.3, 0.4) is 0 Å². The van der Waals surface area contributed by atoms with Crippen molar-refractivity contribution in [3.05, 3.63) is 24.4 Å². The van der Waals surface area contributed by atoms with Crippen molar-refractivity contribution in [1.82, 2.24) is 19.1 Å². The van der Waals surface area contributed by atoms with Crippen LogP contribution in [0.5, 0.6) is 0 Å². The number of carbonyl (C=O) groups excluding carboxylic acids is 1. The first-order valence-corrected chi connectivity index (χ1v) is 9.80. The molecule has 2 N–H and O–H groups in total. The van der Waals surface area contributed by atoms with E-state index in [0.29, 0.717) is 45.6 Å². The Morgan fingerprint density at radius 2 is 1.92 bits per heavy atom. The van der Waals surface area contributed by atoms with E-state index in [1.165, 1.54) is 8.61 Å². The van der Waals surface area contributed by atoms with Crippen LogP contribution < -0.4 is 10.4 Å². The molecule has 0 aliphatic carbocycles. The predicted octanol–water partition coefficient (Wildman–Crippen LogP) is -0.192. The summed E-state index contributed by atoms with van der Waals surface area (Å²) in [5.74, 6) is 0.158. The summed E-state index contributed by atoms with van der Waals surface area (Å²) in [6.45, 7) is 2.05. The highest BCUT2D eigenvalue weighted by Crippen LogP contribution is 2.24. The highest BCUT2D eigenvalue weighted by Gasteiger charge is 2.40. The summed E-state index contributed by atoms with van der Waals surface area (Å²) in [6, 6.07) is 4.79. The first kappa shape index (κ1) is 18.1. The van der Waals surface area contributed by atoms with Crippen LogP contribution >= 0.6 is 0 Å². The number of hydrogen-bond acceptors (Lipinski definition) is 6. The summed E-state index contributed by atoms with van der Waals surface area (Å²) in [4.78, 5) is 18.2. The Morgan fingerprint density at radius 1 is 1.16 bits per heavy atom. The average molecular weight is 369 g/mol. The van der Waals surface area contributed by atoms with Gasteiger partial charge in [-0.25, -0.2) is 10.5 Å². The second-order valence-corrected chi connectivity index (χ2v) is 8.06. The van der Waals surface area contributed by atoms with Gasteiger partial charge in [0, 0.05) is 38.9 Å². The molecule has 0 saturated carbocycles. The lowest BCUT2D eigenvalue weighted by molar-refractivity contribution is -0.134. The van der Waals surface area contributed by atoms with Gasteiger partial charge in [0.15, 0.2) is 0 Å². The number of rotatable bonds is 4. The maximum atomic E-state index is 13.0. The summed E-state index contributed by atoms with van der Waals surface area (Å²) >= 11 is 0. The quantitative estimate of drug-likeness (QED) is 0.563. The summed E-state index contributed by atoms with van der Waals surface area (Å²) in [7, 11) is -3.75. The van der Waals surface area contributed by atoms with Crippen molar-refractivity contribution < 1.29 is 18.4 Å². The lowest BCUT2D eigenvalue weighted by Crippen LogP contribution is -2.58. The van der Waals surface area contributed by atoms with Gasteiger partial charge in [0.2, 0.25) is 0 Å². The molecule has 0 radical (unpaired) electrons. The second-order valence-electron chi connectivity index (χ2n) is 6.18. The Labute approximate surface area is 147 Å². The standard InChI is InChI=1S/C15H23N5O4S/c21-15(17-22)13-5-2-4-8-20(13)25(23,24)19-11-9-18(10-12-19)14-6-1-3-7-16-14/h1,3,6-7,13,22H,2,4-5,8-12H2,(H,17,21). The van der Waals surface area contributed by atoms with Crippen molar-refractivity contribution in [2.75, 3.05) is 37.6 Å². The Bertz CT molecular complexity index is 691. The van der Waals surface area contributed by atoms with Gasteiger partial charge in [-0.05, 0) is 25.0 Å². The van der Waals surface area contributed by atoms with Crippen molar-refractivity contribution in [1.29, 1.82) is 0 Å². The maximum Gasteiger partial charge on any atom is 0.282 e. The van der Waals surface area contributed by atoms with E-state index in [1.807, 2.05) is 23.1 Å². The minimum atomic E-state index is -3.75. The van der Waals surface area contributed by atoms with E-state index in [-0.39, 0.29) is 0 Å². The number of piperidine rings is 1. The fourth-order valence-corrected chi connectivity index (χ4v) is 5.16. The second kappa shape index (κ2) is 7.65. The predicted molar refractivity (Wildman–Crippen MR) is 91.2 cm³/mol. The molecule has 25 heavy (non-hydrogen) atoms. The molecule has 2 aliphatic heterocycles. The van der Waals surface area contributed by atoms with Crippen molar-refractivity contribution >= 4 is 21.9 Å². The lowest BCUT2D eigenvalue weighted by atomic mass is 10.0. The van der Waals surface area contributed by atoms with Crippen LogP contribution in [0.2, 0.25) is 0 Å². The molecule has 2 fully saturated rings. The smallest absolute Gasteiger partial charge is 0.282 e. The summed E-state index contributed by atoms with van der Waals surface area (Å²) in [5, 5.41) is 8.89. The third-order valence-corrected chi connectivity index (χ3v) is 6.75. The van der Waals surface area contributed by atoms with Gasteiger partial charge in [-0.3, -0.25) is 10.0 Å². The molecule has 1 unspecified atom stereocenters. The number of pyridine rings is 1. The number of aromatic nitrogens is 1. The molecule has 1 atom stereocenters. The molecule has 2 saturated heterocycles. The minimum absolute atomic E-state index is 0.293. The SMILES string of the molecule is O=C(NO)C1CCCCN1S(=O)(=O)N1CCN(c2ccccn2)CC1. The van der Waals surface area contributed by atoms with Gasteiger partial charge in [0.1, 0.15) is 11.9 Å². The van der Waals surface area contributed by atoms with Crippen LogP contribution in [0.25, 0.3) is 0 Å². The molecule has 0 aromatic carbocycles. The molecule has 3 heterocycles. The molecule has 10 heteroatoms. The number of nitrogens with one attached hydrogen (secondary N) is 1. The van der Waals surface area contributed by atoms with Crippen LogP contribution in [-0.2, 0) is 15.0 Å². The summed E-state index contributed by atoms with van der Waals surface area (Å²) in [5.41, 5.74) is 1.59. The zero-order valence-electron chi connectivity index (χ0n) is 13.9. The molecule has 3 rings (SSSR count). The lowest BCUT2D eigenvalue weighted by Gasteiger charge is -2.40. The Morgan fingerprint density at radius 3 is 2.56 bits per heavy atom. The van der Waals surface area contributed by atoms with Gasteiger partial charge >= 0.3 is 0 Å². The van der Waals surface area contributed by atoms with Gasteiger partial charge in [-0.1, -0.05) is 12.5 Å². The van der Waals surface area contributed by atoms with E-state index in [9.17, 15) is 13.2 Å². The normalized spacial score (nSPS) is 23.4.